The van der Waals surface area contributed by atoms with Crippen LogP contribution >= 0.6 is 0 Å². The van der Waals surface area contributed by atoms with Gasteiger partial charge in [0.05, 0.1) is 0 Å². The Bertz CT molecular complexity index is 1470. The molecule has 1 unspecified atom stereocenters. The molecule has 0 saturated heterocycles. The van der Waals surface area contributed by atoms with E-state index in [0.717, 1.165) is 83.5 Å². The van der Waals surface area contributed by atoms with Gasteiger partial charge < -0.3 is 14.2 Å². The van der Waals surface area contributed by atoms with Gasteiger partial charge in [0.15, 0.2) is 6.10 Å². The predicted molar refractivity (Wildman–Crippen MR) is 362 cm³/mol. The summed E-state index contributed by atoms with van der Waals surface area (Å²) in [6.07, 6.45) is 92.5. The third-order valence-corrected chi connectivity index (χ3v) is 16.5. The van der Waals surface area contributed by atoms with Crippen LogP contribution in [-0.2, 0) is 28.6 Å². The second-order valence-electron chi connectivity index (χ2n) is 24.8. The van der Waals surface area contributed by atoms with Crippen LogP contribution in [0.5, 0.6) is 0 Å². The van der Waals surface area contributed by atoms with Gasteiger partial charge in [0.2, 0.25) is 0 Å². The zero-order chi connectivity index (χ0) is 59.9. The highest BCUT2D eigenvalue weighted by Gasteiger charge is 2.19. The molecule has 0 aromatic rings. The van der Waals surface area contributed by atoms with Gasteiger partial charge in [-0.3, -0.25) is 14.4 Å². The molecule has 0 spiro atoms. The highest BCUT2D eigenvalue weighted by molar-refractivity contribution is 5.71. The first kappa shape index (κ1) is 80.1. The summed E-state index contributed by atoms with van der Waals surface area (Å²) in [7, 11) is 0. The summed E-state index contributed by atoms with van der Waals surface area (Å²) < 4.78 is 17.0. The molecular formula is C77H140O6. The number of carbonyl (C=O) groups excluding carboxylic acids is 3. The lowest BCUT2D eigenvalue weighted by atomic mass is 10.0. The molecule has 6 nitrogen and oxygen atoms in total. The van der Waals surface area contributed by atoms with Crippen LogP contribution in [0.2, 0.25) is 0 Å². The van der Waals surface area contributed by atoms with Crippen molar-refractivity contribution in [2.75, 3.05) is 13.2 Å². The number of hydrogen-bond acceptors (Lipinski definition) is 6. The van der Waals surface area contributed by atoms with Crippen molar-refractivity contribution in [3.05, 3.63) is 60.8 Å². The lowest BCUT2D eigenvalue weighted by Crippen LogP contribution is -2.30. The van der Waals surface area contributed by atoms with Crippen LogP contribution in [0.25, 0.3) is 0 Å². The van der Waals surface area contributed by atoms with Gasteiger partial charge in [-0.1, -0.05) is 351 Å². The van der Waals surface area contributed by atoms with Crippen LogP contribution in [0.4, 0.5) is 0 Å². The molecule has 0 N–H and O–H groups in total. The Hall–Kier alpha value is -2.89. The monoisotopic (exact) mass is 1160 g/mol. The van der Waals surface area contributed by atoms with Crippen molar-refractivity contribution in [1.82, 2.24) is 0 Å². The van der Waals surface area contributed by atoms with E-state index in [9.17, 15) is 14.4 Å². The molecule has 0 fully saturated rings. The number of hydrogen-bond donors (Lipinski definition) is 0. The molecule has 0 amide bonds. The molecule has 0 radical (unpaired) electrons. The topological polar surface area (TPSA) is 78.9 Å². The van der Waals surface area contributed by atoms with Crippen molar-refractivity contribution in [3.8, 4) is 0 Å². The fraction of sp³-hybridized carbons (Fsp3) is 0.831. The molecule has 0 aliphatic carbocycles. The first-order chi connectivity index (χ1) is 41.0. The van der Waals surface area contributed by atoms with E-state index in [2.05, 4.69) is 81.5 Å². The Balaban J connectivity index is 4.28. The van der Waals surface area contributed by atoms with Crippen LogP contribution < -0.4 is 0 Å². The number of ether oxygens (including phenoxy) is 3. The van der Waals surface area contributed by atoms with Crippen molar-refractivity contribution in [1.29, 1.82) is 0 Å². The van der Waals surface area contributed by atoms with Crippen LogP contribution in [-0.4, -0.2) is 37.2 Å². The third kappa shape index (κ3) is 69.8. The Labute approximate surface area is 517 Å². The normalized spacial score (nSPS) is 12.4. The molecule has 0 saturated carbocycles. The van der Waals surface area contributed by atoms with Gasteiger partial charge in [-0.05, 0) is 83.5 Å². The van der Waals surface area contributed by atoms with Gasteiger partial charge >= 0.3 is 17.9 Å². The second kappa shape index (κ2) is 71.6. The molecule has 0 aliphatic heterocycles. The summed E-state index contributed by atoms with van der Waals surface area (Å²) in [5, 5.41) is 0. The second-order valence-corrected chi connectivity index (χ2v) is 24.8. The zero-order valence-corrected chi connectivity index (χ0v) is 55.7. The molecule has 1 atom stereocenters. The summed E-state index contributed by atoms with van der Waals surface area (Å²) in [5.41, 5.74) is 0. The number of carbonyl (C=O) groups is 3. The van der Waals surface area contributed by atoms with Gasteiger partial charge in [0.25, 0.3) is 0 Å². The van der Waals surface area contributed by atoms with Crippen molar-refractivity contribution in [2.24, 2.45) is 0 Å². The maximum absolute atomic E-state index is 13.0. The lowest BCUT2D eigenvalue weighted by molar-refractivity contribution is -0.167. The average Bonchev–Trinajstić information content (AvgIpc) is 3.49. The van der Waals surface area contributed by atoms with E-state index in [4.69, 9.17) is 14.2 Å². The van der Waals surface area contributed by atoms with Crippen LogP contribution in [0.3, 0.4) is 0 Å². The van der Waals surface area contributed by atoms with E-state index < -0.39 is 6.10 Å². The summed E-state index contributed by atoms with van der Waals surface area (Å²) in [5.74, 6) is -0.846. The Morgan fingerprint density at radius 2 is 0.470 bits per heavy atom. The molecule has 484 valence electrons. The number of esters is 3. The van der Waals surface area contributed by atoms with Crippen LogP contribution in [0, 0.1) is 0 Å². The maximum Gasteiger partial charge on any atom is 0.306 e. The smallest absolute Gasteiger partial charge is 0.306 e. The van der Waals surface area contributed by atoms with E-state index in [0.29, 0.717) is 19.3 Å². The number of rotatable bonds is 68. The minimum atomic E-state index is -0.775. The third-order valence-electron chi connectivity index (χ3n) is 16.5. The number of unbranched alkanes of at least 4 members (excludes halogenated alkanes) is 47. The van der Waals surface area contributed by atoms with Gasteiger partial charge in [-0.2, -0.15) is 0 Å². The molecule has 0 aromatic carbocycles. The minimum Gasteiger partial charge on any atom is -0.462 e. The number of allylic oxidation sites excluding steroid dienone is 10. The van der Waals surface area contributed by atoms with Crippen LogP contribution in [0.15, 0.2) is 60.8 Å². The van der Waals surface area contributed by atoms with E-state index in [-0.39, 0.29) is 31.1 Å². The van der Waals surface area contributed by atoms with Crippen molar-refractivity contribution < 1.29 is 28.6 Å². The van der Waals surface area contributed by atoms with Gasteiger partial charge in [0, 0.05) is 19.3 Å². The molecule has 0 aliphatic rings. The van der Waals surface area contributed by atoms with Gasteiger partial charge in [-0.15, -0.1) is 0 Å². The molecule has 0 heterocycles. The Morgan fingerprint density at radius 3 is 0.747 bits per heavy atom. The highest BCUT2D eigenvalue weighted by Crippen LogP contribution is 2.19. The molecule has 6 heteroatoms. The van der Waals surface area contributed by atoms with Gasteiger partial charge in [-0.25, -0.2) is 0 Å². The zero-order valence-electron chi connectivity index (χ0n) is 55.7. The molecular weight excluding hydrogens is 1020 g/mol. The molecule has 0 aromatic heterocycles. The van der Waals surface area contributed by atoms with Gasteiger partial charge in [0.1, 0.15) is 13.2 Å². The van der Waals surface area contributed by atoms with E-state index >= 15 is 0 Å². The largest absolute Gasteiger partial charge is 0.462 e. The quantitative estimate of drug-likeness (QED) is 0.0261. The van der Waals surface area contributed by atoms with Crippen LogP contribution in [0.1, 0.15) is 393 Å². The first-order valence-corrected chi connectivity index (χ1v) is 36.8. The summed E-state index contributed by atoms with van der Waals surface area (Å²) in [6.45, 7) is 6.60. The van der Waals surface area contributed by atoms with Crippen molar-refractivity contribution >= 4 is 17.9 Å². The minimum absolute atomic E-state index is 0.0707. The van der Waals surface area contributed by atoms with Crippen molar-refractivity contribution in [3.63, 3.8) is 0 Å². The van der Waals surface area contributed by atoms with Crippen molar-refractivity contribution in [2.45, 2.75) is 399 Å². The summed E-state index contributed by atoms with van der Waals surface area (Å²) >= 11 is 0. The summed E-state index contributed by atoms with van der Waals surface area (Å²) in [4.78, 5) is 38.5. The van der Waals surface area contributed by atoms with E-state index in [1.165, 1.54) is 270 Å². The summed E-state index contributed by atoms with van der Waals surface area (Å²) in [6, 6.07) is 0. The highest BCUT2D eigenvalue weighted by atomic mass is 16.6. The Morgan fingerprint density at radius 1 is 0.253 bits per heavy atom. The average molecular weight is 1160 g/mol. The Kier molecular flexibility index (Phi) is 69.1. The fourth-order valence-electron chi connectivity index (χ4n) is 11.0. The lowest BCUT2D eigenvalue weighted by Gasteiger charge is -2.18. The fourth-order valence-corrected chi connectivity index (χ4v) is 11.0. The molecule has 83 heavy (non-hydrogen) atoms. The first-order valence-electron chi connectivity index (χ1n) is 36.8. The van der Waals surface area contributed by atoms with E-state index in [1.807, 2.05) is 0 Å². The van der Waals surface area contributed by atoms with E-state index in [1.54, 1.807) is 0 Å². The predicted octanol–water partition coefficient (Wildman–Crippen LogP) is 25.5. The maximum atomic E-state index is 13.0. The standard InChI is InChI=1S/C77H140O6/c1-4-7-10-13-16-19-22-25-28-31-33-35-36-37-38-39-40-42-43-46-49-52-55-58-61-64-67-70-76(79)82-73-74(72-81-75(78)69-66-63-60-57-54-51-48-45-30-27-24-21-18-15-12-9-6-3)83-77(80)71-68-65-62-59-56-53-50-47-44-41-34-32-29-26-23-20-17-14-11-8-5-2/h7,10,16,19,25,27-28,30,33,35,74H,4-6,8-9,11-15,17-18,20-24,26,29,31-32,34,36-73H2,1-3H3/b10-7-,19-16-,28-25-,30-27-,35-33-. The molecule has 0 bridgehead atoms. The molecule has 0 rings (SSSR count). The SMILES string of the molecule is CC/C=C\C/C=C\C/C=C\C/C=C\CCCCCCCCCCCCCCCCC(=O)OCC(COC(=O)CCCCCCCCC/C=C\CCCCCCCC)OC(=O)CCCCCCCCCCCCCCCCCCCCCCC.